The first-order chi connectivity index (χ1) is 12.6. The lowest BCUT2D eigenvalue weighted by atomic mass is 10.2. The summed E-state index contributed by atoms with van der Waals surface area (Å²) < 4.78 is 6.25. The molecule has 3 rings (SSSR count). The molecule has 1 aromatic heterocycles. The Morgan fingerprint density at radius 3 is 2.58 bits per heavy atom. The van der Waals surface area contributed by atoms with Crippen LogP contribution in [0.4, 0.5) is 5.69 Å². The number of carbonyl (C=O) groups excluding carboxylic acids is 1. The summed E-state index contributed by atoms with van der Waals surface area (Å²) >= 11 is 7.56. The van der Waals surface area contributed by atoms with E-state index in [4.69, 9.17) is 16.3 Å². The Morgan fingerprint density at radius 2 is 1.92 bits per heavy atom. The number of nitrogens with one attached hydrogen (secondary N) is 1. The largest absolute Gasteiger partial charge is 0.495 e. The van der Waals surface area contributed by atoms with Gasteiger partial charge in [0.15, 0.2) is 6.54 Å². The fourth-order valence-corrected chi connectivity index (χ4v) is 4.47. The number of para-hydroxylation sites is 2. The number of hydrogen-bond donors (Lipinski definition) is 1. The lowest BCUT2D eigenvalue weighted by Crippen LogP contribution is -3.08. The van der Waals surface area contributed by atoms with E-state index in [9.17, 15) is 4.79 Å². The molecule has 1 aliphatic heterocycles. The zero-order chi connectivity index (χ0) is 18.5. The molecule has 2 heterocycles. The molecule has 1 atom stereocenters. The quantitative estimate of drug-likeness (QED) is 0.811. The molecule has 0 aliphatic carbocycles. The molecule has 0 bridgehead atoms. The Bertz CT molecular complexity index is 744. The summed E-state index contributed by atoms with van der Waals surface area (Å²) in [5.41, 5.74) is 1.10. The number of thiophene rings is 1. The number of likely N-dealkylation sites (N-methyl/N-ethyl adjacent to an activating group) is 1. The van der Waals surface area contributed by atoms with Crippen molar-refractivity contribution in [3.05, 3.63) is 45.6 Å². The number of amides is 1. The van der Waals surface area contributed by atoms with Crippen molar-refractivity contribution in [3.8, 4) is 5.75 Å². The molecule has 0 radical (unpaired) electrons. The van der Waals surface area contributed by atoms with E-state index in [0.29, 0.717) is 6.54 Å². The van der Waals surface area contributed by atoms with Gasteiger partial charge in [-0.2, -0.15) is 0 Å². The Kier molecular flexibility index (Phi) is 6.40. The Labute approximate surface area is 163 Å². The standard InChI is InChI=1S/C19H24ClN3O2S/c1-21(13-15-7-8-18(20)26-15)14-19(24)23-11-9-22(10-12-23)16-5-3-4-6-17(16)25-2/h3-8H,9-14H2,1-2H3/p+1. The molecule has 1 unspecified atom stereocenters. The van der Waals surface area contributed by atoms with Crippen LogP contribution in [0.5, 0.6) is 5.75 Å². The predicted octanol–water partition coefficient (Wildman–Crippen LogP) is 1.77. The summed E-state index contributed by atoms with van der Waals surface area (Å²) in [6.07, 6.45) is 0. The van der Waals surface area contributed by atoms with Gasteiger partial charge in [-0.05, 0) is 24.3 Å². The van der Waals surface area contributed by atoms with E-state index < -0.39 is 0 Å². The molecule has 0 spiro atoms. The summed E-state index contributed by atoms with van der Waals surface area (Å²) in [7, 11) is 3.74. The number of carbonyl (C=O) groups is 1. The highest BCUT2D eigenvalue weighted by Crippen LogP contribution is 2.28. The summed E-state index contributed by atoms with van der Waals surface area (Å²) in [6, 6.07) is 12.0. The normalized spacial score (nSPS) is 15.8. The maximum atomic E-state index is 12.6. The number of methoxy groups -OCH3 is 1. The van der Waals surface area contributed by atoms with Gasteiger partial charge in [-0.15, -0.1) is 11.3 Å². The first-order valence-electron chi connectivity index (χ1n) is 8.78. The first-order valence-corrected chi connectivity index (χ1v) is 9.97. The number of nitrogens with zero attached hydrogens (tertiary/aromatic N) is 2. The Hall–Kier alpha value is -1.76. The average Bonchev–Trinajstić information content (AvgIpc) is 3.06. The van der Waals surface area contributed by atoms with Crippen molar-refractivity contribution in [3.63, 3.8) is 0 Å². The third-order valence-electron chi connectivity index (χ3n) is 4.62. The van der Waals surface area contributed by atoms with Crippen LogP contribution in [0.1, 0.15) is 4.88 Å². The second kappa shape index (κ2) is 8.75. The van der Waals surface area contributed by atoms with E-state index in [2.05, 4.69) is 18.0 Å². The minimum atomic E-state index is 0.213. The van der Waals surface area contributed by atoms with Gasteiger partial charge in [0.25, 0.3) is 5.91 Å². The lowest BCUT2D eigenvalue weighted by Gasteiger charge is -2.36. The number of hydrogen-bond acceptors (Lipinski definition) is 4. The van der Waals surface area contributed by atoms with E-state index in [1.54, 1.807) is 18.4 Å². The summed E-state index contributed by atoms with van der Waals surface area (Å²) in [6.45, 7) is 4.47. The van der Waals surface area contributed by atoms with Crippen LogP contribution >= 0.6 is 22.9 Å². The predicted molar refractivity (Wildman–Crippen MR) is 107 cm³/mol. The lowest BCUT2D eigenvalue weighted by molar-refractivity contribution is -0.885. The fraction of sp³-hybridized carbons (Fsp3) is 0.421. The van der Waals surface area contributed by atoms with Crippen LogP contribution in [-0.2, 0) is 11.3 Å². The second-order valence-electron chi connectivity index (χ2n) is 6.56. The van der Waals surface area contributed by atoms with Gasteiger partial charge in [0.1, 0.15) is 12.3 Å². The number of benzene rings is 1. The number of anilines is 1. The molecule has 1 amide bonds. The Morgan fingerprint density at radius 1 is 1.19 bits per heavy atom. The van der Waals surface area contributed by atoms with Crippen molar-refractivity contribution in [1.29, 1.82) is 0 Å². The maximum absolute atomic E-state index is 12.6. The molecular formula is C19H25ClN3O2S+. The minimum Gasteiger partial charge on any atom is -0.495 e. The van der Waals surface area contributed by atoms with Gasteiger partial charge >= 0.3 is 0 Å². The molecule has 1 saturated heterocycles. The number of ether oxygens (including phenoxy) is 1. The van der Waals surface area contributed by atoms with E-state index >= 15 is 0 Å². The van der Waals surface area contributed by atoms with Crippen molar-refractivity contribution >= 4 is 34.5 Å². The van der Waals surface area contributed by atoms with Crippen LogP contribution in [-0.4, -0.2) is 57.7 Å². The molecule has 2 aromatic rings. The van der Waals surface area contributed by atoms with E-state index in [-0.39, 0.29) is 5.91 Å². The second-order valence-corrected chi connectivity index (χ2v) is 8.36. The monoisotopic (exact) mass is 394 g/mol. The van der Waals surface area contributed by atoms with Gasteiger partial charge in [0.05, 0.1) is 29.1 Å². The highest BCUT2D eigenvalue weighted by molar-refractivity contribution is 7.16. The number of quaternary nitrogens is 1. The van der Waals surface area contributed by atoms with Gasteiger partial charge in [-0.1, -0.05) is 23.7 Å². The van der Waals surface area contributed by atoms with Gasteiger partial charge < -0.3 is 19.4 Å². The summed E-state index contributed by atoms with van der Waals surface area (Å²) in [4.78, 5) is 19.3. The van der Waals surface area contributed by atoms with Gasteiger partial charge in [0.2, 0.25) is 0 Å². The number of rotatable bonds is 6. The minimum absolute atomic E-state index is 0.213. The molecule has 1 aromatic carbocycles. The van der Waals surface area contributed by atoms with Crippen LogP contribution < -0.4 is 14.5 Å². The van der Waals surface area contributed by atoms with Crippen LogP contribution in [0.25, 0.3) is 0 Å². The molecular weight excluding hydrogens is 370 g/mol. The molecule has 140 valence electrons. The van der Waals surface area contributed by atoms with Crippen molar-refractivity contribution < 1.29 is 14.4 Å². The van der Waals surface area contributed by atoms with Gasteiger partial charge in [-0.3, -0.25) is 4.79 Å². The summed E-state index contributed by atoms with van der Waals surface area (Å²) in [5.74, 6) is 1.09. The van der Waals surface area contributed by atoms with Crippen molar-refractivity contribution in [2.45, 2.75) is 6.54 Å². The zero-order valence-electron chi connectivity index (χ0n) is 15.2. The van der Waals surface area contributed by atoms with Crippen molar-refractivity contribution in [1.82, 2.24) is 4.90 Å². The number of piperazine rings is 1. The highest BCUT2D eigenvalue weighted by Gasteiger charge is 2.24. The van der Waals surface area contributed by atoms with Crippen LogP contribution in [0.3, 0.4) is 0 Å². The van der Waals surface area contributed by atoms with E-state index in [1.807, 2.05) is 35.2 Å². The van der Waals surface area contributed by atoms with Gasteiger partial charge in [-0.25, -0.2) is 0 Å². The first kappa shape index (κ1) is 19.0. The fourth-order valence-electron chi connectivity index (χ4n) is 3.26. The molecule has 1 fully saturated rings. The molecule has 1 aliphatic rings. The molecule has 7 heteroatoms. The summed E-state index contributed by atoms with van der Waals surface area (Å²) in [5, 5.41) is 0. The van der Waals surface area contributed by atoms with E-state index in [1.165, 1.54) is 9.78 Å². The topological polar surface area (TPSA) is 37.2 Å². The maximum Gasteiger partial charge on any atom is 0.277 e. The average molecular weight is 395 g/mol. The molecule has 0 saturated carbocycles. The SMILES string of the molecule is COc1ccccc1N1CCN(C(=O)C[NH+](C)Cc2ccc(Cl)s2)CC1. The third-order valence-corrected chi connectivity index (χ3v) is 5.85. The van der Waals surface area contributed by atoms with Crippen LogP contribution in [0.15, 0.2) is 36.4 Å². The highest BCUT2D eigenvalue weighted by atomic mass is 35.5. The zero-order valence-corrected chi connectivity index (χ0v) is 16.8. The van der Waals surface area contributed by atoms with Crippen molar-refractivity contribution in [2.24, 2.45) is 0 Å². The third kappa shape index (κ3) is 4.69. The van der Waals surface area contributed by atoms with Crippen molar-refractivity contribution in [2.75, 3.05) is 51.8 Å². The molecule has 26 heavy (non-hydrogen) atoms. The molecule has 5 nitrogen and oxygen atoms in total. The smallest absolute Gasteiger partial charge is 0.277 e. The Balaban J connectivity index is 1.50. The van der Waals surface area contributed by atoms with Crippen LogP contribution in [0, 0.1) is 0 Å². The van der Waals surface area contributed by atoms with E-state index in [0.717, 1.165) is 48.5 Å². The molecule has 1 N–H and O–H groups in total. The van der Waals surface area contributed by atoms with Crippen LogP contribution in [0.2, 0.25) is 4.34 Å². The van der Waals surface area contributed by atoms with Gasteiger partial charge in [0, 0.05) is 26.2 Å². The number of halogens is 1.